The van der Waals surface area contributed by atoms with Crippen LogP contribution in [0.1, 0.15) is 74.9 Å². The molecule has 0 aliphatic heterocycles. The van der Waals surface area contributed by atoms with Gasteiger partial charge in [0.2, 0.25) is 5.95 Å². The van der Waals surface area contributed by atoms with Crippen LogP contribution in [0, 0.1) is 0 Å². The summed E-state index contributed by atoms with van der Waals surface area (Å²) in [5.41, 5.74) is 31.2. The molecule has 0 spiro atoms. The Kier molecular flexibility index (Phi) is 10.7. The lowest BCUT2D eigenvalue weighted by atomic mass is 9.81. The molecule has 20 rings (SSSR count). The van der Waals surface area contributed by atoms with Gasteiger partial charge in [-0.2, -0.15) is 4.98 Å². The van der Waals surface area contributed by atoms with Crippen LogP contribution in [0.25, 0.3) is 161 Å². The molecule has 0 saturated heterocycles. The van der Waals surface area contributed by atoms with Gasteiger partial charge in [-0.05, 0) is 173 Å². The molecule has 5 heteroatoms. The monoisotopic (exact) mass is 1200 g/mol. The predicted octanol–water partition coefficient (Wildman–Crippen LogP) is 22.8. The normalized spacial score (nSPS) is 14.5. The third kappa shape index (κ3) is 7.24. The minimum atomic E-state index is -0.142. The standard InChI is InChI=1S/C89H63N5/c1-87(2)72-25-13-7-19-59(72)62-38-31-52(45-75(62)87)55-34-41-68-65-22-10-16-28-79(65)92(82(68)48-55)58-37-44-78-71(51-58)85(93-80-29-17-11-23-66(80)69-42-35-56(49-83(69)93)53-32-39-63-60-20-8-14-26-73(60)88(3,4)76(63)46-53)91-86(90-78)94-81-30-18-12-24-67(81)70-43-36-57(50-84(70)94)54-33-40-64-61-21-9-15-27-74(61)89(5,6)77(64)47-54/h7-51H,1-6H3. The minimum Gasteiger partial charge on any atom is -0.309 e. The first-order valence-electron chi connectivity index (χ1n) is 33.0. The van der Waals surface area contributed by atoms with Gasteiger partial charge in [0.1, 0.15) is 0 Å². The van der Waals surface area contributed by atoms with Crippen molar-refractivity contribution in [1.29, 1.82) is 0 Å². The number of para-hydroxylation sites is 3. The topological polar surface area (TPSA) is 40.6 Å². The van der Waals surface area contributed by atoms with Gasteiger partial charge in [0.25, 0.3) is 0 Å². The highest BCUT2D eigenvalue weighted by atomic mass is 15.2. The molecule has 0 unspecified atom stereocenters. The Morgan fingerprint density at radius 1 is 0.234 bits per heavy atom. The maximum absolute atomic E-state index is 6.03. The summed E-state index contributed by atoms with van der Waals surface area (Å²) in [5.74, 6) is 1.41. The lowest BCUT2D eigenvalue weighted by Crippen LogP contribution is -2.14. The van der Waals surface area contributed by atoms with Crippen LogP contribution in [0.3, 0.4) is 0 Å². The van der Waals surface area contributed by atoms with Gasteiger partial charge in [0, 0.05) is 59.6 Å². The molecule has 0 amide bonds. The lowest BCUT2D eigenvalue weighted by Gasteiger charge is -2.22. The molecular formula is C89H63N5. The maximum atomic E-state index is 6.03. The highest BCUT2D eigenvalue weighted by Crippen LogP contribution is 2.53. The fourth-order valence-electron chi connectivity index (χ4n) is 17.3. The second-order valence-electron chi connectivity index (χ2n) is 28.1. The van der Waals surface area contributed by atoms with Crippen molar-refractivity contribution in [3.63, 3.8) is 0 Å². The van der Waals surface area contributed by atoms with Crippen LogP contribution in [-0.2, 0) is 16.2 Å². The van der Waals surface area contributed by atoms with E-state index < -0.39 is 0 Å². The molecule has 444 valence electrons. The van der Waals surface area contributed by atoms with Crippen LogP contribution >= 0.6 is 0 Å². The van der Waals surface area contributed by atoms with Crippen LogP contribution in [0.4, 0.5) is 0 Å². The number of hydrogen-bond donors (Lipinski definition) is 0. The number of rotatable bonds is 6. The summed E-state index contributed by atoms with van der Waals surface area (Å²) >= 11 is 0. The average molecular weight is 1200 g/mol. The molecule has 0 bridgehead atoms. The summed E-state index contributed by atoms with van der Waals surface area (Å²) in [6.45, 7) is 14.2. The maximum Gasteiger partial charge on any atom is 0.237 e. The molecule has 94 heavy (non-hydrogen) atoms. The minimum absolute atomic E-state index is 0.117. The van der Waals surface area contributed by atoms with E-state index in [2.05, 4.69) is 328 Å². The fourth-order valence-corrected chi connectivity index (χ4v) is 17.3. The highest BCUT2D eigenvalue weighted by Gasteiger charge is 2.38. The van der Waals surface area contributed by atoms with E-state index in [0.717, 1.165) is 88.2 Å². The second-order valence-corrected chi connectivity index (χ2v) is 28.1. The van der Waals surface area contributed by atoms with Gasteiger partial charge in [0.15, 0.2) is 5.82 Å². The van der Waals surface area contributed by atoms with Crippen molar-refractivity contribution < 1.29 is 0 Å². The first-order chi connectivity index (χ1) is 45.9. The number of aromatic nitrogens is 5. The summed E-state index contributed by atoms with van der Waals surface area (Å²) in [7, 11) is 0. The zero-order valence-electron chi connectivity index (χ0n) is 53.2. The van der Waals surface area contributed by atoms with Crippen LogP contribution in [0.15, 0.2) is 273 Å². The quantitative estimate of drug-likeness (QED) is 0.166. The van der Waals surface area contributed by atoms with Gasteiger partial charge in [-0.25, -0.2) is 4.98 Å². The first-order valence-corrected chi connectivity index (χ1v) is 33.0. The molecule has 5 nitrogen and oxygen atoms in total. The predicted molar refractivity (Wildman–Crippen MR) is 392 cm³/mol. The summed E-state index contributed by atoms with van der Waals surface area (Å²) < 4.78 is 7.21. The molecule has 3 aliphatic rings. The van der Waals surface area contributed by atoms with E-state index in [0.29, 0.717) is 5.95 Å². The van der Waals surface area contributed by atoms with Crippen LogP contribution < -0.4 is 0 Å². The molecular weight excluding hydrogens is 1140 g/mol. The van der Waals surface area contributed by atoms with E-state index >= 15 is 0 Å². The Bertz CT molecular complexity index is 6210. The van der Waals surface area contributed by atoms with Crippen molar-refractivity contribution in [2.24, 2.45) is 0 Å². The lowest BCUT2D eigenvalue weighted by molar-refractivity contribution is 0.660. The summed E-state index contributed by atoms with van der Waals surface area (Å²) in [5, 5.41) is 7.97. The molecule has 3 aliphatic carbocycles. The Morgan fingerprint density at radius 3 is 1.01 bits per heavy atom. The van der Waals surface area contributed by atoms with Crippen molar-refractivity contribution in [2.45, 2.75) is 57.8 Å². The van der Waals surface area contributed by atoms with Gasteiger partial charge in [-0.15, -0.1) is 0 Å². The van der Waals surface area contributed by atoms with Crippen LogP contribution in [0.2, 0.25) is 0 Å². The number of benzene rings is 13. The van der Waals surface area contributed by atoms with Crippen molar-refractivity contribution >= 4 is 76.3 Å². The smallest absolute Gasteiger partial charge is 0.237 e. The van der Waals surface area contributed by atoms with E-state index in [9.17, 15) is 0 Å². The van der Waals surface area contributed by atoms with Gasteiger partial charge in [-0.3, -0.25) is 9.13 Å². The Morgan fingerprint density at radius 2 is 0.564 bits per heavy atom. The molecule has 4 heterocycles. The zero-order valence-corrected chi connectivity index (χ0v) is 53.2. The Balaban J connectivity index is 0.823. The van der Waals surface area contributed by atoms with Crippen molar-refractivity contribution in [2.75, 3.05) is 0 Å². The molecule has 17 aromatic rings. The third-order valence-corrected chi connectivity index (χ3v) is 22.1. The summed E-state index contributed by atoms with van der Waals surface area (Å²) in [6.07, 6.45) is 0. The van der Waals surface area contributed by atoms with Crippen LogP contribution in [0.5, 0.6) is 0 Å². The van der Waals surface area contributed by atoms with Crippen molar-refractivity contribution in [3.8, 4) is 84.2 Å². The van der Waals surface area contributed by atoms with E-state index in [1.54, 1.807) is 0 Å². The molecule has 4 aromatic heterocycles. The molecule has 13 aromatic carbocycles. The van der Waals surface area contributed by atoms with Gasteiger partial charge in [-0.1, -0.05) is 242 Å². The van der Waals surface area contributed by atoms with E-state index in [1.807, 2.05) is 0 Å². The van der Waals surface area contributed by atoms with Crippen LogP contribution in [-0.4, -0.2) is 23.7 Å². The molecule has 0 fully saturated rings. The summed E-state index contributed by atoms with van der Waals surface area (Å²) in [6, 6.07) is 102. The largest absolute Gasteiger partial charge is 0.309 e. The molecule has 0 saturated carbocycles. The first kappa shape index (κ1) is 53.3. The molecule has 0 atom stereocenters. The van der Waals surface area contributed by atoms with Gasteiger partial charge >= 0.3 is 0 Å². The highest BCUT2D eigenvalue weighted by molar-refractivity contribution is 6.14. The third-order valence-electron chi connectivity index (χ3n) is 22.1. The number of hydrogen-bond acceptors (Lipinski definition) is 2. The van der Waals surface area contributed by atoms with E-state index in [4.69, 9.17) is 9.97 Å². The van der Waals surface area contributed by atoms with E-state index in [-0.39, 0.29) is 16.2 Å². The average Bonchev–Trinajstić information content (AvgIpc) is 1.55. The van der Waals surface area contributed by atoms with E-state index in [1.165, 1.54) is 99.8 Å². The van der Waals surface area contributed by atoms with Crippen molar-refractivity contribution in [1.82, 2.24) is 23.7 Å². The number of fused-ring (bicyclic) bond motifs is 19. The van der Waals surface area contributed by atoms with Gasteiger partial charge < -0.3 is 4.57 Å². The van der Waals surface area contributed by atoms with Crippen molar-refractivity contribution in [3.05, 3.63) is 306 Å². The second kappa shape index (κ2) is 18.9. The fraction of sp³-hybridized carbons (Fsp3) is 0.101. The Hall–Kier alpha value is -11.4. The number of nitrogens with zero attached hydrogens (tertiary/aromatic N) is 5. The molecule has 0 radical (unpaired) electrons. The molecule has 0 N–H and O–H groups in total. The zero-order chi connectivity index (χ0) is 62.7. The summed E-state index contributed by atoms with van der Waals surface area (Å²) in [4.78, 5) is 11.8. The SMILES string of the molecule is CC1(C)c2ccccc2-c2ccc(-c3ccc4c5ccccc5n(-c5ccc6nc(-n7c8ccccc8c8ccc(-c9ccc%10c(c9)C(C)(C)c9ccccc9-%10)cc87)nc(-n7c8ccccc8c8ccc(-c9ccc%10c(c9)C(C)(C)c9ccccc9-%10)cc87)c6c5)c4c3)cc21. The Labute approximate surface area is 545 Å². The van der Waals surface area contributed by atoms with Gasteiger partial charge in [0.05, 0.1) is 38.6 Å².